The average Bonchev–Trinajstić information content (AvgIpc) is 1.56. The molecule has 0 aromatic rings. The van der Waals surface area contributed by atoms with Crippen LogP contribution in [-0.2, 0) is 14.4 Å². The molecule has 0 aromatic heterocycles. The number of rotatable bonds is 1. The molecule has 11 heavy (non-hydrogen) atoms. The highest BCUT2D eigenvalue weighted by atomic mass is 32.2. The lowest BCUT2D eigenvalue weighted by atomic mass is 11.7. The van der Waals surface area contributed by atoms with Gasteiger partial charge < -0.3 is 15.3 Å². The summed E-state index contributed by atoms with van der Waals surface area (Å²) in [6, 6.07) is 0. The average molecular weight is 200 g/mol. The van der Waals surface area contributed by atoms with E-state index in [1.807, 2.05) is 4.79 Å². The largest absolute Gasteiger partial charge is 0.489 e. The molecule has 0 heterocycles. The molecule has 0 atom stereocenters. The van der Waals surface area contributed by atoms with Crippen molar-refractivity contribution < 1.29 is 27.6 Å². The molecule has 0 aliphatic carbocycles. The van der Waals surface area contributed by atoms with Crippen molar-refractivity contribution in [2.24, 2.45) is 0 Å². The van der Waals surface area contributed by atoms with Gasteiger partial charge in [0.25, 0.3) is 9.84 Å². The summed E-state index contributed by atoms with van der Waals surface area (Å²) >= 11 is 0. The smallest absolute Gasteiger partial charge is 0.360 e. The highest BCUT2D eigenvalue weighted by Crippen LogP contribution is 2.37. The van der Waals surface area contributed by atoms with Gasteiger partial charge in [-0.05, 0) is 0 Å². The minimum atomic E-state index is -4.99. The van der Waals surface area contributed by atoms with Crippen molar-refractivity contribution in [3.8, 4) is 0 Å². The number of hydrogen-bond acceptors (Lipinski definition) is 3. The van der Waals surface area contributed by atoms with E-state index in [9.17, 15) is 13.0 Å². The van der Waals surface area contributed by atoms with Crippen LogP contribution in [0.3, 0.4) is 0 Å². The molecule has 0 bridgehead atoms. The van der Waals surface area contributed by atoms with E-state index in [2.05, 4.69) is 0 Å². The highest BCUT2D eigenvalue weighted by molar-refractivity contribution is 8.18. The van der Waals surface area contributed by atoms with E-state index in [1.54, 1.807) is 0 Å². The van der Waals surface area contributed by atoms with Crippen LogP contribution in [0, 0.1) is 0 Å². The van der Waals surface area contributed by atoms with Crippen LogP contribution in [-0.4, -0.2) is 34.0 Å². The Kier molecular flexibility index (Phi) is 2.71. The molecule has 0 aliphatic heterocycles. The quantitative estimate of drug-likeness (QED) is 0.180. The second-order valence-corrected chi connectivity index (χ2v) is 5.44. The molecule has 0 aromatic carbocycles. The van der Waals surface area contributed by atoms with Crippen LogP contribution < -0.4 is 0 Å². The lowest BCUT2D eigenvalue weighted by Gasteiger charge is -1.93. The Balaban J connectivity index is 5.44. The fraction of sp³-hybridized carbons (Fsp3) is 0.500. The van der Waals surface area contributed by atoms with Crippen molar-refractivity contribution in [1.29, 1.82) is 0 Å². The van der Waals surface area contributed by atoms with E-state index in [-0.39, 0.29) is 0 Å². The lowest BCUT2D eigenvalue weighted by Crippen LogP contribution is -2.13. The molecule has 0 unspecified atom stereocenters. The topological polar surface area (TPSA) is 128 Å². The zero-order valence-corrected chi connectivity index (χ0v) is 7.08. The second-order valence-electron chi connectivity index (χ2n) is 1.70. The third-order valence-electron chi connectivity index (χ3n) is 0.666. The van der Waals surface area contributed by atoms with E-state index < -0.39 is 22.2 Å². The van der Waals surface area contributed by atoms with E-state index in [4.69, 9.17) is 15.3 Å². The van der Waals surface area contributed by atoms with Crippen molar-refractivity contribution in [2.45, 2.75) is 0 Å². The van der Waals surface area contributed by atoms with E-state index in [0.29, 0.717) is 6.26 Å². The fourth-order valence-corrected chi connectivity index (χ4v) is 2.34. The SMILES string of the molecule is CS(=O)(=O)C(=[N+]=[N-])P(=O)(O)O. The Morgan fingerprint density at radius 1 is 1.55 bits per heavy atom. The van der Waals surface area contributed by atoms with Crippen molar-refractivity contribution in [1.82, 2.24) is 0 Å². The molecule has 2 N–H and O–H groups in total. The van der Waals surface area contributed by atoms with E-state index >= 15 is 0 Å². The summed E-state index contributed by atoms with van der Waals surface area (Å²) in [5.41, 5.74) is 7.91. The molecular formula is C2H5N2O5PS. The predicted molar refractivity (Wildman–Crippen MR) is 35.5 cm³/mol. The van der Waals surface area contributed by atoms with Gasteiger partial charge in [0.1, 0.15) is 0 Å². The van der Waals surface area contributed by atoms with Crippen LogP contribution in [0.5, 0.6) is 0 Å². The first-order valence-corrected chi connectivity index (χ1v) is 5.68. The van der Waals surface area contributed by atoms with Gasteiger partial charge in [-0.2, -0.15) is 0 Å². The van der Waals surface area contributed by atoms with Gasteiger partial charge in [-0.25, -0.2) is 13.0 Å². The van der Waals surface area contributed by atoms with Gasteiger partial charge in [-0.15, -0.1) is 4.79 Å². The molecule has 0 saturated heterocycles. The second kappa shape index (κ2) is 2.84. The van der Waals surface area contributed by atoms with Crippen LogP contribution in [0.4, 0.5) is 0 Å². The van der Waals surface area contributed by atoms with Crippen molar-refractivity contribution in [3.05, 3.63) is 5.53 Å². The van der Waals surface area contributed by atoms with Crippen molar-refractivity contribution in [2.75, 3.05) is 6.26 Å². The maximum atomic E-state index is 10.4. The summed E-state index contributed by atoms with van der Waals surface area (Å²) in [7, 11) is -9.12. The molecule has 0 saturated carbocycles. The minimum Gasteiger partial charge on any atom is -0.360 e. The summed E-state index contributed by atoms with van der Waals surface area (Å²) in [6.45, 7) is 0. The summed E-state index contributed by atoms with van der Waals surface area (Å²) in [6.07, 6.45) is 0.529. The molecule has 7 nitrogen and oxygen atoms in total. The highest BCUT2D eigenvalue weighted by Gasteiger charge is 2.41. The van der Waals surface area contributed by atoms with Crippen LogP contribution in [0.15, 0.2) is 0 Å². The molecule has 64 valence electrons. The molecule has 0 rings (SSSR count). The first-order valence-electron chi connectivity index (χ1n) is 2.18. The third-order valence-corrected chi connectivity index (χ3v) is 3.71. The number of nitrogens with zero attached hydrogens (tertiary/aromatic N) is 2. The minimum absolute atomic E-state index is 0.529. The molecule has 0 radical (unpaired) electrons. The Morgan fingerprint density at radius 3 is 1.91 bits per heavy atom. The Morgan fingerprint density at radius 2 is 1.91 bits per heavy atom. The maximum Gasteiger partial charge on any atom is 0.489 e. The van der Waals surface area contributed by atoms with Crippen molar-refractivity contribution in [3.63, 3.8) is 0 Å². The Hall–Kier alpha value is -0.520. The summed E-state index contributed by atoms with van der Waals surface area (Å²) in [4.78, 5) is 17.0. The van der Waals surface area contributed by atoms with Gasteiger partial charge in [0, 0.05) is 0 Å². The zero-order valence-electron chi connectivity index (χ0n) is 5.37. The van der Waals surface area contributed by atoms with Crippen LogP contribution in [0.2, 0.25) is 0 Å². The number of hydrogen-bond donors (Lipinski definition) is 2. The van der Waals surface area contributed by atoms with Gasteiger partial charge in [-0.1, -0.05) is 0 Å². The summed E-state index contributed by atoms with van der Waals surface area (Å²) < 4.78 is 31.1. The van der Waals surface area contributed by atoms with E-state index in [1.165, 1.54) is 0 Å². The van der Waals surface area contributed by atoms with Crippen LogP contribution in [0.1, 0.15) is 0 Å². The molecule has 0 aliphatic rings. The normalized spacial score (nSPS) is 12.3. The standard InChI is InChI=1S/C2H5N2O5PS/c1-11(8,9)2(4-3)10(5,6)7/h1H3,(H2,5,6,7). The van der Waals surface area contributed by atoms with Gasteiger partial charge in [0.2, 0.25) is 0 Å². The van der Waals surface area contributed by atoms with E-state index in [0.717, 1.165) is 0 Å². The molecule has 0 fully saturated rings. The predicted octanol–water partition coefficient (Wildman–Crippen LogP) is -1.21. The maximum absolute atomic E-state index is 10.4. The van der Waals surface area contributed by atoms with Crippen molar-refractivity contribution >= 4 is 22.2 Å². The molecule has 0 amide bonds. The Bertz CT molecular complexity index is 345. The van der Waals surface area contributed by atoms with Crippen LogP contribution >= 0.6 is 7.60 Å². The van der Waals surface area contributed by atoms with Crippen LogP contribution in [0.25, 0.3) is 5.53 Å². The van der Waals surface area contributed by atoms with Gasteiger partial charge in [0.05, 0.1) is 6.26 Å². The van der Waals surface area contributed by atoms with Gasteiger partial charge in [0.15, 0.2) is 0 Å². The Labute approximate surface area is 62.4 Å². The summed E-state index contributed by atoms with van der Waals surface area (Å²) in [5.74, 6) is 0. The molecular weight excluding hydrogens is 195 g/mol. The zero-order chi connectivity index (χ0) is 9.28. The fourth-order valence-electron chi connectivity index (χ4n) is 0.348. The van der Waals surface area contributed by atoms with Gasteiger partial charge >= 0.3 is 12.4 Å². The molecule has 9 heteroatoms. The first kappa shape index (κ1) is 10.5. The first-order chi connectivity index (χ1) is 4.69. The lowest BCUT2D eigenvalue weighted by molar-refractivity contribution is 0.00184. The number of sulfone groups is 1. The third kappa shape index (κ3) is 2.92. The van der Waals surface area contributed by atoms with Gasteiger partial charge in [-0.3, -0.25) is 0 Å². The molecule has 0 spiro atoms. The summed E-state index contributed by atoms with van der Waals surface area (Å²) in [5, 5.41) is 0. The monoisotopic (exact) mass is 200 g/mol.